The molecule has 0 amide bonds. The van der Waals surface area contributed by atoms with Gasteiger partial charge in [0.05, 0.1) is 6.61 Å². The summed E-state index contributed by atoms with van der Waals surface area (Å²) >= 11 is 0. The quantitative estimate of drug-likeness (QED) is 0.812. The van der Waals surface area contributed by atoms with E-state index in [4.69, 9.17) is 10.5 Å². The van der Waals surface area contributed by atoms with Crippen molar-refractivity contribution in [1.29, 1.82) is 0 Å². The normalized spacial score (nSPS) is 15.7. The van der Waals surface area contributed by atoms with Crippen LogP contribution in [-0.4, -0.2) is 26.2 Å². The topological polar surface area (TPSA) is 38.5 Å². The highest BCUT2D eigenvalue weighted by Crippen LogP contribution is 2.29. The number of anilines is 1. The van der Waals surface area contributed by atoms with E-state index in [-0.39, 0.29) is 6.04 Å². The zero-order chi connectivity index (χ0) is 10.8. The van der Waals surface area contributed by atoms with Crippen LogP contribution in [0.3, 0.4) is 0 Å². The third-order valence-corrected chi connectivity index (χ3v) is 2.68. The molecule has 0 bridgehead atoms. The van der Waals surface area contributed by atoms with Crippen LogP contribution >= 0.6 is 0 Å². The molecule has 3 heteroatoms. The van der Waals surface area contributed by atoms with Gasteiger partial charge in [-0.2, -0.15) is 0 Å². The summed E-state index contributed by atoms with van der Waals surface area (Å²) in [5.74, 6) is 1.04. The van der Waals surface area contributed by atoms with Crippen molar-refractivity contribution in [1.82, 2.24) is 0 Å². The van der Waals surface area contributed by atoms with Crippen molar-refractivity contribution in [3.8, 4) is 5.75 Å². The van der Waals surface area contributed by atoms with Crippen molar-refractivity contribution in [2.24, 2.45) is 5.73 Å². The molecule has 1 heterocycles. The van der Waals surface area contributed by atoms with Crippen LogP contribution in [0.15, 0.2) is 18.2 Å². The lowest BCUT2D eigenvalue weighted by molar-refractivity contribution is 0.357. The number of hydrogen-bond acceptors (Lipinski definition) is 3. The molecule has 0 spiro atoms. The molecule has 0 radical (unpaired) electrons. The third-order valence-electron chi connectivity index (χ3n) is 2.68. The molecule has 2 N–H and O–H groups in total. The van der Waals surface area contributed by atoms with Crippen LogP contribution in [0.4, 0.5) is 5.69 Å². The Kier molecular flexibility index (Phi) is 2.82. The summed E-state index contributed by atoms with van der Waals surface area (Å²) in [6.45, 7) is 3.71. The third kappa shape index (κ3) is 2.23. The molecule has 1 unspecified atom stereocenters. The van der Waals surface area contributed by atoms with Crippen molar-refractivity contribution < 1.29 is 4.74 Å². The average molecular weight is 206 g/mol. The highest BCUT2D eigenvalue weighted by molar-refractivity contribution is 5.53. The van der Waals surface area contributed by atoms with Crippen molar-refractivity contribution in [3.05, 3.63) is 23.8 Å². The molecule has 0 aromatic heterocycles. The van der Waals surface area contributed by atoms with E-state index >= 15 is 0 Å². The summed E-state index contributed by atoms with van der Waals surface area (Å²) < 4.78 is 5.47. The minimum absolute atomic E-state index is 0.194. The van der Waals surface area contributed by atoms with E-state index in [0.717, 1.165) is 25.3 Å². The lowest BCUT2D eigenvalue weighted by atomic mass is 10.1. The second-order valence-corrected chi connectivity index (χ2v) is 4.25. The van der Waals surface area contributed by atoms with Gasteiger partial charge >= 0.3 is 0 Å². The maximum atomic E-state index is 5.78. The Balaban J connectivity index is 2.15. The number of nitrogens with two attached hydrogens (primary N) is 1. The number of rotatable bonds is 3. The number of likely N-dealkylation sites (N-methyl/N-ethyl adjacent to an activating group) is 1. The first kappa shape index (κ1) is 10.3. The molecule has 0 aliphatic carbocycles. The molecular weight excluding hydrogens is 188 g/mol. The Morgan fingerprint density at radius 3 is 3.07 bits per heavy atom. The van der Waals surface area contributed by atoms with Gasteiger partial charge in [0, 0.05) is 31.7 Å². The fourth-order valence-corrected chi connectivity index (χ4v) is 1.95. The predicted molar refractivity (Wildman–Crippen MR) is 62.6 cm³/mol. The van der Waals surface area contributed by atoms with Gasteiger partial charge in [-0.1, -0.05) is 0 Å². The second kappa shape index (κ2) is 4.11. The van der Waals surface area contributed by atoms with Crippen LogP contribution in [-0.2, 0) is 6.42 Å². The van der Waals surface area contributed by atoms with Crippen LogP contribution in [0.2, 0.25) is 0 Å². The lowest BCUT2D eigenvalue weighted by Crippen LogP contribution is -2.32. The molecule has 0 saturated heterocycles. The summed E-state index contributed by atoms with van der Waals surface area (Å²) in [6.07, 6.45) is 1.02. The second-order valence-electron chi connectivity index (χ2n) is 4.25. The van der Waals surface area contributed by atoms with E-state index < -0.39 is 0 Å². The zero-order valence-electron chi connectivity index (χ0n) is 9.36. The molecule has 0 fully saturated rings. The Bertz CT molecular complexity index is 349. The van der Waals surface area contributed by atoms with E-state index in [1.54, 1.807) is 0 Å². The van der Waals surface area contributed by atoms with Gasteiger partial charge in [-0.05, 0) is 30.7 Å². The van der Waals surface area contributed by atoms with E-state index in [0.29, 0.717) is 0 Å². The van der Waals surface area contributed by atoms with Crippen molar-refractivity contribution in [2.75, 3.05) is 25.1 Å². The molecule has 1 aromatic rings. The van der Waals surface area contributed by atoms with Crippen molar-refractivity contribution in [3.63, 3.8) is 0 Å². The number of nitrogens with zero attached hydrogens (tertiary/aromatic N) is 1. The maximum Gasteiger partial charge on any atom is 0.122 e. The highest BCUT2D eigenvalue weighted by atomic mass is 16.5. The van der Waals surface area contributed by atoms with Gasteiger partial charge in [0.25, 0.3) is 0 Å². The van der Waals surface area contributed by atoms with Crippen LogP contribution in [0.5, 0.6) is 5.75 Å². The monoisotopic (exact) mass is 206 g/mol. The first-order valence-electron chi connectivity index (χ1n) is 5.39. The Hall–Kier alpha value is -1.22. The molecule has 1 aliphatic rings. The number of hydrogen-bond donors (Lipinski definition) is 1. The Morgan fingerprint density at radius 1 is 1.53 bits per heavy atom. The summed E-state index contributed by atoms with van der Waals surface area (Å²) in [6, 6.07) is 6.53. The fraction of sp³-hybridized carbons (Fsp3) is 0.500. The number of ether oxygens (including phenoxy) is 1. The first-order chi connectivity index (χ1) is 7.16. The summed E-state index contributed by atoms with van der Waals surface area (Å²) in [5, 5.41) is 0. The minimum Gasteiger partial charge on any atom is -0.493 e. The molecule has 1 atom stereocenters. The molecule has 3 nitrogen and oxygen atoms in total. The van der Waals surface area contributed by atoms with E-state index in [1.807, 2.05) is 6.92 Å². The minimum atomic E-state index is 0.194. The van der Waals surface area contributed by atoms with E-state index in [2.05, 4.69) is 30.1 Å². The largest absolute Gasteiger partial charge is 0.493 e. The zero-order valence-corrected chi connectivity index (χ0v) is 9.36. The number of fused-ring (bicyclic) bond motifs is 1. The molecule has 1 aliphatic heterocycles. The Morgan fingerprint density at radius 2 is 2.33 bits per heavy atom. The van der Waals surface area contributed by atoms with Gasteiger partial charge in [-0.25, -0.2) is 0 Å². The molecule has 2 rings (SSSR count). The lowest BCUT2D eigenvalue weighted by Gasteiger charge is -2.21. The van der Waals surface area contributed by atoms with Gasteiger partial charge < -0.3 is 15.4 Å². The van der Waals surface area contributed by atoms with Gasteiger partial charge in [0.1, 0.15) is 5.75 Å². The van der Waals surface area contributed by atoms with E-state index in [9.17, 15) is 0 Å². The molecule has 15 heavy (non-hydrogen) atoms. The predicted octanol–water partition coefficient (Wildman–Crippen LogP) is 1.40. The van der Waals surface area contributed by atoms with Crippen molar-refractivity contribution in [2.45, 2.75) is 19.4 Å². The van der Waals surface area contributed by atoms with Gasteiger partial charge in [-0.3, -0.25) is 0 Å². The average Bonchev–Trinajstić information content (AvgIpc) is 2.62. The molecule has 0 saturated carbocycles. The maximum absolute atomic E-state index is 5.78. The summed E-state index contributed by atoms with van der Waals surface area (Å²) in [5.41, 5.74) is 8.31. The smallest absolute Gasteiger partial charge is 0.122 e. The molecule has 1 aromatic carbocycles. The van der Waals surface area contributed by atoms with E-state index in [1.165, 1.54) is 11.3 Å². The van der Waals surface area contributed by atoms with Crippen molar-refractivity contribution >= 4 is 5.69 Å². The van der Waals surface area contributed by atoms with Gasteiger partial charge in [0.2, 0.25) is 0 Å². The Labute approximate surface area is 90.8 Å². The van der Waals surface area contributed by atoms with Crippen LogP contribution < -0.4 is 15.4 Å². The van der Waals surface area contributed by atoms with Crippen LogP contribution in [0.1, 0.15) is 12.5 Å². The van der Waals surface area contributed by atoms with Crippen LogP contribution in [0, 0.1) is 0 Å². The highest BCUT2D eigenvalue weighted by Gasteiger charge is 2.13. The summed E-state index contributed by atoms with van der Waals surface area (Å²) in [4.78, 5) is 2.18. The summed E-state index contributed by atoms with van der Waals surface area (Å²) in [7, 11) is 2.07. The van der Waals surface area contributed by atoms with Gasteiger partial charge in [0.15, 0.2) is 0 Å². The fourth-order valence-electron chi connectivity index (χ4n) is 1.95. The molecular formula is C12H18N2O. The van der Waals surface area contributed by atoms with Crippen LogP contribution in [0.25, 0.3) is 0 Å². The standard InChI is InChI=1S/C12H18N2O/c1-9(13)8-14(2)11-3-4-12-10(7-11)5-6-15-12/h3-4,7,9H,5-6,8,13H2,1-2H3. The molecule has 82 valence electrons. The number of benzene rings is 1. The first-order valence-corrected chi connectivity index (χ1v) is 5.39. The SMILES string of the molecule is CC(N)CN(C)c1ccc2c(c1)CCO2. The van der Waals surface area contributed by atoms with Gasteiger partial charge in [-0.15, -0.1) is 0 Å².